The Balaban J connectivity index is 1.95. The highest BCUT2D eigenvalue weighted by atomic mass is 32.1. The third-order valence-corrected chi connectivity index (χ3v) is 4.25. The molecule has 0 bridgehead atoms. The van der Waals surface area contributed by atoms with Crippen molar-refractivity contribution in [3.63, 3.8) is 0 Å². The molecule has 2 heterocycles. The maximum Gasteiger partial charge on any atom is 0.324 e. The zero-order valence-electron chi connectivity index (χ0n) is 11.1. The molecule has 0 fully saturated rings. The summed E-state index contributed by atoms with van der Waals surface area (Å²) in [5.74, 6) is -0.199. The molecule has 2 aromatic rings. The molecule has 0 unspecified atom stereocenters. The minimum Gasteiger partial charge on any atom is -0.311 e. The maximum absolute atomic E-state index is 12.6. The number of hydrogen-bond acceptors (Lipinski definition) is 5. The number of para-hydroxylation sites is 1. The van der Waals surface area contributed by atoms with Crippen molar-refractivity contribution in [3.8, 4) is 0 Å². The molecule has 7 heteroatoms. The van der Waals surface area contributed by atoms with E-state index in [9.17, 15) is 14.9 Å². The van der Waals surface area contributed by atoms with Gasteiger partial charge in [0.25, 0.3) is 5.91 Å². The minimum atomic E-state index is -0.473. The molecule has 3 rings (SSSR count). The van der Waals surface area contributed by atoms with Gasteiger partial charge in [0.15, 0.2) is 0 Å². The molecule has 0 spiro atoms. The van der Waals surface area contributed by atoms with Crippen LogP contribution in [0.1, 0.15) is 15.9 Å². The molecular formula is C14H13N3O3S. The number of fused-ring (bicyclic) bond motifs is 1. The highest BCUT2D eigenvalue weighted by molar-refractivity contribution is 7.13. The van der Waals surface area contributed by atoms with Gasteiger partial charge in [0.1, 0.15) is 0 Å². The summed E-state index contributed by atoms with van der Waals surface area (Å²) in [4.78, 5) is 24.6. The fraction of sp³-hybridized carbons (Fsp3) is 0.214. The van der Waals surface area contributed by atoms with Gasteiger partial charge in [0, 0.05) is 36.8 Å². The van der Waals surface area contributed by atoms with Gasteiger partial charge in [-0.1, -0.05) is 29.5 Å². The van der Waals surface area contributed by atoms with Gasteiger partial charge in [-0.15, -0.1) is 0 Å². The smallest absolute Gasteiger partial charge is 0.311 e. The molecule has 0 radical (unpaired) electrons. The van der Waals surface area contributed by atoms with E-state index >= 15 is 0 Å². The van der Waals surface area contributed by atoms with Crippen LogP contribution in [0, 0.1) is 10.1 Å². The topological polar surface area (TPSA) is 75.5 Å². The number of carbonyl (C=O) groups excluding carboxylic acids is 1. The number of thiophene rings is 1. The molecule has 0 saturated carbocycles. The highest BCUT2D eigenvalue weighted by Gasteiger charge is 2.24. The zero-order chi connectivity index (χ0) is 14.8. The number of hydrogen-bond donors (Lipinski definition) is 1. The van der Waals surface area contributed by atoms with Crippen LogP contribution < -0.4 is 10.2 Å². The lowest BCUT2D eigenvalue weighted by Crippen LogP contribution is -2.34. The van der Waals surface area contributed by atoms with Crippen LogP contribution in [0.3, 0.4) is 0 Å². The van der Waals surface area contributed by atoms with E-state index in [0.29, 0.717) is 25.2 Å². The van der Waals surface area contributed by atoms with Crippen LogP contribution in [0.25, 0.3) is 0 Å². The maximum atomic E-state index is 12.6. The van der Waals surface area contributed by atoms with Crippen LogP contribution in [0.15, 0.2) is 35.7 Å². The van der Waals surface area contributed by atoms with Crippen LogP contribution >= 0.6 is 11.3 Å². The fourth-order valence-corrected chi connectivity index (χ4v) is 3.06. The molecule has 1 aliphatic heterocycles. The highest BCUT2D eigenvalue weighted by Crippen LogP contribution is 2.27. The summed E-state index contributed by atoms with van der Waals surface area (Å²) >= 11 is 0.974. The van der Waals surface area contributed by atoms with Gasteiger partial charge in [0.2, 0.25) is 0 Å². The van der Waals surface area contributed by atoms with E-state index in [1.165, 1.54) is 6.07 Å². The SMILES string of the molecule is O=C(c1csc([N+](=O)[O-])c1)N1CCNCc2ccccc21. The van der Waals surface area contributed by atoms with E-state index in [2.05, 4.69) is 5.32 Å². The fourth-order valence-electron chi connectivity index (χ4n) is 2.36. The molecule has 0 aliphatic carbocycles. The number of amides is 1. The van der Waals surface area contributed by atoms with Crippen molar-refractivity contribution < 1.29 is 9.72 Å². The first-order chi connectivity index (χ1) is 10.2. The average molecular weight is 303 g/mol. The number of nitrogens with one attached hydrogen (secondary N) is 1. The summed E-state index contributed by atoms with van der Waals surface area (Å²) < 4.78 is 0. The number of nitro groups is 1. The number of carbonyl (C=O) groups is 1. The number of rotatable bonds is 2. The van der Waals surface area contributed by atoms with E-state index in [1.807, 2.05) is 24.3 Å². The Morgan fingerprint density at radius 3 is 2.95 bits per heavy atom. The molecule has 1 amide bonds. The average Bonchev–Trinajstić information content (AvgIpc) is 2.88. The standard InChI is InChI=1S/C14H13N3O3S/c18-14(11-7-13(17(19)20)21-9-11)16-6-5-15-8-10-3-1-2-4-12(10)16/h1-4,7,9,15H,5-6,8H2. The summed E-state index contributed by atoms with van der Waals surface area (Å²) in [5.41, 5.74) is 2.28. The molecule has 1 aromatic carbocycles. The summed E-state index contributed by atoms with van der Waals surface area (Å²) in [6.07, 6.45) is 0. The van der Waals surface area contributed by atoms with Crippen molar-refractivity contribution in [2.24, 2.45) is 0 Å². The lowest BCUT2D eigenvalue weighted by molar-refractivity contribution is -0.380. The third-order valence-electron chi connectivity index (χ3n) is 3.37. The summed E-state index contributed by atoms with van der Waals surface area (Å²) in [5, 5.41) is 15.5. The van der Waals surface area contributed by atoms with E-state index in [4.69, 9.17) is 0 Å². The quantitative estimate of drug-likeness (QED) is 0.683. The first kappa shape index (κ1) is 13.7. The van der Waals surface area contributed by atoms with Crippen molar-refractivity contribution in [3.05, 3.63) is 57.0 Å². The Bertz CT molecular complexity index is 698. The normalized spacial score (nSPS) is 14.4. The van der Waals surface area contributed by atoms with Crippen molar-refractivity contribution >= 4 is 27.9 Å². The van der Waals surface area contributed by atoms with E-state index in [1.54, 1.807) is 10.3 Å². The van der Waals surface area contributed by atoms with Gasteiger partial charge in [-0.05, 0) is 11.6 Å². The summed E-state index contributed by atoms with van der Waals surface area (Å²) in [7, 11) is 0. The zero-order valence-corrected chi connectivity index (χ0v) is 11.9. The number of nitrogens with zero attached hydrogens (tertiary/aromatic N) is 2. The van der Waals surface area contributed by atoms with Crippen molar-refractivity contribution in [2.45, 2.75) is 6.54 Å². The molecule has 1 aromatic heterocycles. The van der Waals surface area contributed by atoms with Crippen molar-refractivity contribution in [1.29, 1.82) is 0 Å². The number of benzene rings is 1. The molecule has 21 heavy (non-hydrogen) atoms. The van der Waals surface area contributed by atoms with E-state index in [0.717, 1.165) is 22.6 Å². The summed E-state index contributed by atoms with van der Waals surface area (Å²) in [6, 6.07) is 9.05. The van der Waals surface area contributed by atoms with E-state index in [-0.39, 0.29) is 10.9 Å². The molecule has 6 nitrogen and oxygen atoms in total. The van der Waals surface area contributed by atoms with Crippen LogP contribution in [0.4, 0.5) is 10.7 Å². The molecule has 0 saturated heterocycles. The van der Waals surface area contributed by atoms with Crippen LogP contribution in [-0.4, -0.2) is 23.9 Å². The first-order valence-corrected chi connectivity index (χ1v) is 7.38. The Morgan fingerprint density at radius 2 is 2.19 bits per heavy atom. The van der Waals surface area contributed by atoms with Gasteiger partial charge in [0.05, 0.1) is 10.5 Å². The van der Waals surface area contributed by atoms with Gasteiger partial charge in [-0.25, -0.2) is 0 Å². The molecular weight excluding hydrogens is 290 g/mol. The molecule has 0 atom stereocenters. The minimum absolute atomic E-state index is 0.0143. The van der Waals surface area contributed by atoms with Crippen LogP contribution in [-0.2, 0) is 6.54 Å². The Kier molecular flexibility index (Phi) is 3.68. The van der Waals surface area contributed by atoms with Crippen LogP contribution in [0.5, 0.6) is 0 Å². The molecule has 1 N–H and O–H groups in total. The monoisotopic (exact) mass is 303 g/mol. The lowest BCUT2D eigenvalue weighted by Gasteiger charge is -2.21. The first-order valence-electron chi connectivity index (χ1n) is 6.50. The second kappa shape index (κ2) is 5.63. The summed E-state index contributed by atoms with van der Waals surface area (Å²) in [6.45, 7) is 1.94. The van der Waals surface area contributed by atoms with Crippen molar-refractivity contribution in [2.75, 3.05) is 18.0 Å². The van der Waals surface area contributed by atoms with Crippen molar-refractivity contribution in [1.82, 2.24) is 5.32 Å². The molecule has 1 aliphatic rings. The van der Waals surface area contributed by atoms with Gasteiger partial charge < -0.3 is 10.2 Å². The Labute approximate surface area is 125 Å². The number of anilines is 1. The predicted molar refractivity (Wildman–Crippen MR) is 80.8 cm³/mol. The lowest BCUT2D eigenvalue weighted by atomic mass is 10.1. The Morgan fingerprint density at radius 1 is 1.38 bits per heavy atom. The van der Waals surface area contributed by atoms with Gasteiger partial charge in [-0.2, -0.15) is 0 Å². The van der Waals surface area contributed by atoms with Gasteiger partial charge in [-0.3, -0.25) is 14.9 Å². The van der Waals surface area contributed by atoms with Crippen LogP contribution in [0.2, 0.25) is 0 Å². The van der Waals surface area contributed by atoms with E-state index < -0.39 is 4.92 Å². The molecule has 108 valence electrons. The third kappa shape index (κ3) is 2.65. The Hall–Kier alpha value is -2.25. The predicted octanol–water partition coefficient (Wildman–Crippen LogP) is 2.41. The second-order valence-electron chi connectivity index (χ2n) is 4.69. The second-order valence-corrected chi connectivity index (χ2v) is 5.58. The van der Waals surface area contributed by atoms with Gasteiger partial charge >= 0.3 is 5.00 Å². The largest absolute Gasteiger partial charge is 0.324 e.